The average Bonchev–Trinajstić information content (AvgIpc) is 2.37. The number of hydrogen-bond acceptors (Lipinski definition) is 4. The zero-order valence-corrected chi connectivity index (χ0v) is 10.2. The minimum absolute atomic E-state index is 0.0982. The van der Waals surface area contributed by atoms with Crippen LogP contribution in [0.5, 0.6) is 11.5 Å². The van der Waals surface area contributed by atoms with Gasteiger partial charge in [0, 0.05) is 11.6 Å². The maximum atomic E-state index is 11.8. The topological polar surface area (TPSA) is 67.8 Å². The predicted octanol–water partition coefficient (Wildman–Crippen LogP) is 0.814. The summed E-state index contributed by atoms with van der Waals surface area (Å²) in [4.78, 5) is 11.8. The molecule has 1 amide bonds. The van der Waals surface area contributed by atoms with Crippen LogP contribution in [0.4, 0.5) is 0 Å². The minimum atomic E-state index is -0.282. The molecule has 17 heavy (non-hydrogen) atoms. The molecule has 0 aromatic heterocycles. The highest BCUT2D eigenvalue weighted by Gasteiger charge is 2.12. The number of rotatable bonds is 5. The van der Waals surface area contributed by atoms with E-state index in [9.17, 15) is 4.79 Å². The van der Waals surface area contributed by atoms with Gasteiger partial charge in [0.05, 0.1) is 20.8 Å². The number of methoxy groups -OCH3 is 2. The molecule has 0 spiro atoms. The van der Waals surface area contributed by atoms with Crippen LogP contribution in [0.2, 0.25) is 0 Å². The number of aliphatic hydroxyl groups is 1. The lowest BCUT2D eigenvalue weighted by molar-refractivity contribution is 0.0922. The quantitative estimate of drug-likeness (QED) is 0.798. The lowest BCUT2D eigenvalue weighted by atomic mass is 10.1. The lowest BCUT2D eigenvalue weighted by Crippen LogP contribution is -2.34. The molecule has 0 radical (unpaired) electrons. The highest BCUT2D eigenvalue weighted by Crippen LogP contribution is 2.27. The number of hydrogen-bond donors (Lipinski definition) is 2. The molecule has 0 aliphatic heterocycles. The molecule has 0 bridgehead atoms. The van der Waals surface area contributed by atoms with Crippen molar-refractivity contribution in [3.05, 3.63) is 23.8 Å². The van der Waals surface area contributed by atoms with Crippen molar-refractivity contribution in [1.29, 1.82) is 0 Å². The van der Waals surface area contributed by atoms with Crippen molar-refractivity contribution in [2.24, 2.45) is 0 Å². The smallest absolute Gasteiger partial charge is 0.251 e. The van der Waals surface area contributed by atoms with Gasteiger partial charge in [-0.1, -0.05) is 0 Å². The summed E-state index contributed by atoms with van der Waals surface area (Å²) in [6, 6.07) is 4.62. The minimum Gasteiger partial charge on any atom is -0.493 e. The van der Waals surface area contributed by atoms with Crippen LogP contribution in [0.3, 0.4) is 0 Å². The second kappa shape index (κ2) is 6.10. The lowest BCUT2D eigenvalue weighted by Gasteiger charge is -2.12. The van der Waals surface area contributed by atoms with Gasteiger partial charge < -0.3 is 19.9 Å². The Balaban J connectivity index is 2.88. The Hall–Kier alpha value is -1.75. The van der Waals surface area contributed by atoms with Gasteiger partial charge in [-0.15, -0.1) is 0 Å². The molecule has 0 saturated carbocycles. The number of carbonyl (C=O) groups is 1. The fraction of sp³-hybridized carbons (Fsp3) is 0.417. The second-order valence-corrected chi connectivity index (χ2v) is 3.63. The van der Waals surface area contributed by atoms with Crippen LogP contribution >= 0.6 is 0 Å². The van der Waals surface area contributed by atoms with E-state index >= 15 is 0 Å². The van der Waals surface area contributed by atoms with E-state index in [1.165, 1.54) is 14.2 Å². The first kappa shape index (κ1) is 13.3. The van der Waals surface area contributed by atoms with Gasteiger partial charge in [-0.3, -0.25) is 4.79 Å². The molecule has 0 aliphatic rings. The first-order valence-corrected chi connectivity index (χ1v) is 5.26. The van der Waals surface area contributed by atoms with Crippen molar-refractivity contribution >= 4 is 5.91 Å². The summed E-state index contributed by atoms with van der Waals surface area (Å²) in [7, 11) is 3.04. The summed E-state index contributed by atoms with van der Waals surface area (Å²) < 4.78 is 10.2. The molecule has 94 valence electrons. The van der Waals surface area contributed by atoms with Gasteiger partial charge in [-0.25, -0.2) is 0 Å². The molecule has 1 atom stereocenters. The maximum absolute atomic E-state index is 11.8. The van der Waals surface area contributed by atoms with E-state index in [1.807, 2.05) is 0 Å². The van der Waals surface area contributed by atoms with Crippen molar-refractivity contribution in [1.82, 2.24) is 5.32 Å². The molecule has 0 aliphatic carbocycles. The van der Waals surface area contributed by atoms with E-state index in [2.05, 4.69) is 5.32 Å². The number of amides is 1. The molecule has 0 fully saturated rings. The molecule has 0 saturated heterocycles. The van der Waals surface area contributed by atoms with Crippen molar-refractivity contribution < 1.29 is 19.4 Å². The second-order valence-electron chi connectivity index (χ2n) is 3.63. The molecular formula is C12H17NO4. The van der Waals surface area contributed by atoms with Crippen molar-refractivity contribution in [2.45, 2.75) is 13.0 Å². The van der Waals surface area contributed by atoms with Gasteiger partial charge in [-0.2, -0.15) is 0 Å². The molecule has 1 aromatic carbocycles. The summed E-state index contributed by atoms with van der Waals surface area (Å²) in [5.74, 6) is 0.809. The van der Waals surface area contributed by atoms with Crippen LogP contribution in [0, 0.1) is 0 Å². The summed E-state index contributed by atoms with van der Waals surface area (Å²) >= 11 is 0. The Kier molecular flexibility index (Phi) is 4.78. The maximum Gasteiger partial charge on any atom is 0.251 e. The van der Waals surface area contributed by atoms with E-state index in [4.69, 9.17) is 14.6 Å². The SMILES string of the molecule is COc1ccc(C(=O)N[C@H](C)CO)cc1OC. The van der Waals surface area contributed by atoms with Gasteiger partial charge in [0.15, 0.2) is 11.5 Å². The zero-order chi connectivity index (χ0) is 12.8. The Morgan fingerprint density at radius 1 is 1.35 bits per heavy atom. The monoisotopic (exact) mass is 239 g/mol. The normalized spacial score (nSPS) is 11.8. The summed E-state index contributed by atoms with van der Waals surface area (Å²) in [6.07, 6.45) is 0. The highest BCUT2D eigenvalue weighted by atomic mass is 16.5. The zero-order valence-electron chi connectivity index (χ0n) is 10.2. The summed E-state index contributed by atoms with van der Waals surface area (Å²) in [5, 5.41) is 11.5. The van der Waals surface area contributed by atoms with E-state index in [1.54, 1.807) is 25.1 Å². The fourth-order valence-corrected chi connectivity index (χ4v) is 1.33. The Bertz CT molecular complexity index is 392. The highest BCUT2D eigenvalue weighted by molar-refractivity contribution is 5.95. The van der Waals surface area contributed by atoms with Crippen LogP contribution in [0.15, 0.2) is 18.2 Å². The number of nitrogens with one attached hydrogen (secondary N) is 1. The number of carbonyl (C=O) groups excluding carboxylic acids is 1. The first-order chi connectivity index (χ1) is 8.12. The van der Waals surface area contributed by atoms with E-state index in [-0.39, 0.29) is 18.6 Å². The van der Waals surface area contributed by atoms with Crippen molar-refractivity contribution in [2.75, 3.05) is 20.8 Å². The van der Waals surface area contributed by atoms with Gasteiger partial charge in [0.1, 0.15) is 0 Å². The average molecular weight is 239 g/mol. The standard InChI is InChI=1S/C12H17NO4/c1-8(7-14)13-12(15)9-4-5-10(16-2)11(6-9)17-3/h4-6,8,14H,7H2,1-3H3,(H,13,15)/t8-/m1/s1. The van der Waals surface area contributed by atoms with Crippen LogP contribution in [-0.4, -0.2) is 37.9 Å². The molecule has 0 heterocycles. The molecule has 5 nitrogen and oxygen atoms in total. The van der Waals surface area contributed by atoms with E-state index < -0.39 is 0 Å². The summed E-state index contributed by atoms with van der Waals surface area (Å²) in [6.45, 7) is 1.62. The molecule has 1 aromatic rings. The predicted molar refractivity (Wildman–Crippen MR) is 63.6 cm³/mol. The molecule has 0 unspecified atom stereocenters. The third kappa shape index (κ3) is 3.35. The van der Waals surface area contributed by atoms with Crippen molar-refractivity contribution in [3.8, 4) is 11.5 Å². The third-order valence-corrected chi connectivity index (χ3v) is 2.30. The van der Waals surface area contributed by atoms with Gasteiger partial charge in [0.2, 0.25) is 0 Å². The van der Waals surface area contributed by atoms with Crippen LogP contribution in [0.1, 0.15) is 17.3 Å². The van der Waals surface area contributed by atoms with E-state index in [0.29, 0.717) is 17.1 Å². The largest absolute Gasteiger partial charge is 0.493 e. The van der Waals surface area contributed by atoms with Gasteiger partial charge in [0.25, 0.3) is 5.91 Å². The van der Waals surface area contributed by atoms with Crippen LogP contribution in [0.25, 0.3) is 0 Å². The van der Waals surface area contributed by atoms with Crippen molar-refractivity contribution in [3.63, 3.8) is 0 Å². The van der Waals surface area contributed by atoms with Gasteiger partial charge >= 0.3 is 0 Å². The molecule has 5 heteroatoms. The Labute approximate surface area is 100 Å². The number of benzene rings is 1. The van der Waals surface area contributed by atoms with Gasteiger partial charge in [-0.05, 0) is 25.1 Å². The first-order valence-electron chi connectivity index (χ1n) is 5.26. The Morgan fingerprint density at radius 2 is 2.00 bits per heavy atom. The number of ether oxygens (including phenoxy) is 2. The fourth-order valence-electron chi connectivity index (χ4n) is 1.33. The van der Waals surface area contributed by atoms with E-state index in [0.717, 1.165) is 0 Å². The molecule has 1 rings (SSSR count). The summed E-state index contributed by atoms with van der Waals surface area (Å²) in [5.41, 5.74) is 0.461. The molecular weight excluding hydrogens is 222 g/mol. The molecule has 2 N–H and O–H groups in total. The van der Waals surface area contributed by atoms with Crippen LogP contribution < -0.4 is 14.8 Å². The number of aliphatic hydroxyl groups excluding tert-OH is 1. The van der Waals surface area contributed by atoms with Crippen LogP contribution in [-0.2, 0) is 0 Å². The Morgan fingerprint density at radius 3 is 2.53 bits per heavy atom. The third-order valence-electron chi connectivity index (χ3n) is 2.30.